The summed E-state index contributed by atoms with van der Waals surface area (Å²) in [6.07, 6.45) is 3.75. The molecule has 0 aromatic heterocycles. The highest BCUT2D eigenvalue weighted by atomic mass is 79.9. The number of hydrogen-bond donors (Lipinski definition) is 1. The first-order valence-electron chi connectivity index (χ1n) is 15.5. The highest BCUT2D eigenvalue weighted by molar-refractivity contribution is 9.09. The van der Waals surface area contributed by atoms with Gasteiger partial charge in [-0.05, 0) is 42.2 Å². The van der Waals surface area contributed by atoms with Gasteiger partial charge in [-0.25, -0.2) is 0 Å². The van der Waals surface area contributed by atoms with Crippen LogP contribution < -0.4 is 4.90 Å². The molecule has 3 unspecified atom stereocenters. The summed E-state index contributed by atoms with van der Waals surface area (Å²) < 4.78 is 6.78. The van der Waals surface area contributed by atoms with Crippen molar-refractivity contribution >= 4 is 50.9 Å². The molecule has 10 heteroatoms. The SMILES string of the molecule is C=CCN(Cc1ccccc1)C(=O)[C@H]1[C@H]2C(=O)N([C@@H](CO)[C@@H](C)CC)C(C(=O)N(CC=C)c3ccc(Cl)cc3)C23CC(Br)[C@@H]1O3. The average molecular weight is 699 g/mol. The topological polar surface area (TPSA) is 90.4 Å². The zero-order valence-electron chi connectivity index (χ0n) is 25.7. The number of likely N-dealkylation sites (tertiary alicyclic amines) is 1. The zero-order chi connectivity index (χ0) is 32.5. The molecule has 0 saturated carbocycles. The number of halogens is 2. The maximum absolute atomic E-state index is 14.9. The number of anilines is 1. The molecule has 2 bridgehead atoms. The fourth-order valence-electron chi connectivity index (χ4n) is 7.42. The molecular weight excluding hydrogens is 658 g/mol. The van der Waals surface area contributed by atoms with Gasteiger partial charge in [-0.3, -0.25) is 14.4 Å². The Kier molecular flexibility index (Phi) is 10.2. The number of alkyl halides is 1. The summed E-state index contributed by atoms with van der Waals surface area (Å²) >= 11 is 9.94. The average Bonchev–Trinajstić information content (AvgIpc) is 3.63. The summed E-state index contributed by atoms with van der Waals surface area (Å²) in [6, 6.07) is 14.9. The van der Waals surface area contributed by atoms with Crippen LogP contribution in [0.2, 0.25) is 5.02 Å². The number of ether oxygens (including phenoxy) is 1. The van der Waals surface area contributed by atoms with Gasteiger partial charge in [-0.2, -0.15) is 0 Å². The fourth-order valence-corrected chi connectivity index (χ4v) is 8.49. The summed E-state index contributed by atoms with van der Waals surface area (Å²) in [5.74, 6) is -2.73. The summed E-state index contributed by atoms with van der Waals surface area (Å²) in [5, 5.41) is 11.2. The minimum atomic E-state index is -1.27. The van der Waals surface area contributed by atoms with Gasteiger partial charge >= 0.3 is 0 Å². The van der Waals surface area contributed by atoms with E-state index in [4.69, 9.17) is 16.3 Å². The van der Waals surface area contributed by atoms with Crippen molar-refractivity contribution in [2.75, 3.05) is 24.6 Å². The summed E-state index contributed by atoms with van der Waals surface area (Å²) in [7, 11) is 0. The molecule has 1 spiro atoms. The number of aliphatic hydroxyl groups is 1. The first-order valence-corrected chi connectivity index (χ1v) is 16.8. The number of fused-ring (bicyclic) bond motifs is 1. The van der Waals surface area contributed by atoms with E-state index in [1.165, 1.54) is 0 Å². The van der Waals surface area contributed by atoms with Crippen molar-refractivity contribution in [3.05, 3.63) is 90.5 Å². The molecule has 0 aliphatic carbocycles. The van der Waals surface area contributed by atoms with E-state index in [1.54, 1.807) is 51.1 Å². The van der Waals surface area contributed by atoms with Crippen LogP contribution in [0.1, 0.15) is 32.3 Å². The Morgan fingerprint density at radius 2 is 1.80 bits per heavy atom. The first-order chi connectivity index (χ1) is 21.6. The van der Waals surface area contributed by atoms with Gasteiger partial charge in [0.15, 0.2) is 0 Å². The van der Waals surface area contributed by atoms with Gasteiger partial charge in [0.1, 0.15) is 11.6 Å². The third kappa shape index (κ3) is 5.88. The molecule has 8 atom stereocenters. The van der Waals surface area contributed by atoms with Crippen LogP contribution in [-0.4, -0.2) is 80.9 Å². The molecule has 0 radical (unpaired) electrons. The standard InChI is InChI=1S/C35H41BrClN3O5/c1-5-17-38(20-23-11-9-8-10-12-23)32(42)28-29-33(43)40(27(21-41)22(4)7-3)31(35(29)19-26(36)30(28)45-35)34(44)39(18-6-2)25-15-13-24(37)14-16-25/h5-6,8-16,22,26-31,41H,1-2,7,17-21H2,3-4H3/t22-,26?,27-,28-,29-,30-,31?,35?/m0/s1. The van der Waals surface area contributed by atoms with E-state index in [9.17, 15) is 19.5 Å². The molecule has 3 amide bonds. The maximum atomic E-state index is 14.9. The van der Waals surface area contributed by atoms with Crippen molar-refractivity contribution in [1.29, 1.82) is 0 Å². The van der Waals surface area contributed by atoms with Gasteiger partial charge in [0.05, 0.1) is 30.6 Å². The van der Waals surface area contributed by atoms with Crippen molar-refractivity contribution in [3.8, 4) is 0 Å². The van der Waals surface area contributed by atoms with Crippen LogP contribution in [0.25, 0.3) is 0 Å². The van der Waals surface area contributed by atoms with E-state index in [0.29, 0.717) is 36.6 Å². The molecule has 2 aromatic rings. The highest BCUT2D eigenvalue weighted by Crippen LogP contribution is 2.61. The van der Waals surface area contributed by atoms with Crippen LogP contribution in [0.3, 0.4) is 0 Å². The number of nitrogens with zero attached hydrogens (tertiary/aromatic N) is 3. The predicted molar refractivity (Wildman–Crippen MR) is 179 cm³/mol. The van der Waals surface area contributed by atoms with E-state index in [-0.39, 0.29) is 41.6 Å². The van der Waals surface area contributed by atoms with E-state index in [0.717, 1.165) is 5.56 Å². The minimum absolute atomic E-state index is 0.116. The molecule has 3 saturated heterocycles. The Bertz CT molecular complexity index is 1420. The van der Waals surface area contributed by atoms with Gasteiger partial charge in [0, 0.05) is 35.2 Å². The molecule has 8 nitrogen and oxygen atoms in total. The van der Waals surface area contributed by atoms with Crippen molar-refractivity contribution in [1.82, 2.24) is 9.80 Å². The summed E-state index contributed by atoms with van der Waals surface area (Å²) in [5.41, 5.74) is 0.276. The van der Waals surface area contributed by atoms with Crippen molar-refractivity contribution in [2.24, 2.45) is 17.8 Å². The molecular formula is C35H41BrClN3O5. The lowest BCUT2D eigenvalue weighted by Crippen LogP contribution is -2.60. The Morgan fingerprint density at radius 3 is 2.40 bits per heavy atom. The molecule has 3 aliphatic rings. The zero-order valence-corrected chi connectivity index (χ0v) is 28.1. The number of carbonyl (C=O) groups is 3. The van der Waals surface area contributed by atoms with Gasteiger partial charge in [0.25, 0.3) is 5.91 Å². The van der Waals surface area contributed by atoms with Crippen LogP contribution in [0, 0.1) is 17.8 Å². The van der Waals surface area contributed by atoms with E-state index < -0.39 is 35.6 Å². The Labute approximate surface area is 278 Å². The first kappa shape index (κ1) is 33.4. The van der Waals surface area contributed by atoms with E-state index in [2.05, 4.69) is 29.1 Å². The highest BCUT2D eigenvalue weighted by Gasteiger charge is 2.77. The van der Waals surface area contributed by atoms with Gasteiger partial charge in [-0.15, -0.1) is 13.2 Å². The lowest BCUT2D eigenvalue weighted by Gasteiger charge is -2.41. The molecule has 1 N–H and O–H groups in total. The van der Waals surface area contributed by atoms with Gasteiger partial charge in [-0.1, -0.05) is 90.3 Å². The number of amides is 3. The molecule has 240 valence electrons. The number of aliphatic hydroxyl groups excluding tert-OH is 1. The molecule has 3 heterocycles. The molecule has 3 fully saturated rings. The van der Waals surface area contributed by atoms with Crippen LogP contribution in [0.5, 0.6) is 0 Å². The smallest absolute Gasteiger partial charge is 0.253 e. The molecule has 2 aromatic carbocycles. The fraction of sp³-hybridized carbons (Fsp3) is 0.457. The lowest BCUT2D eigenvalue weighted by molar-refractivity contribution is -0.148. The summed E-state index contributed by atoms with van der Waals surface area (Å²) in [4.78, 5) is 48.7. The Morgan fingerprint density at radius 1 is 1.13 bits per heavy atom. The van der Waals surface area contributed by atoms with Gasteiger partial charge < -0.3 is 24.5 Å². The molecule has 45 heavy (non-hydrogen) atoms. The number of rotatable bonds is 13. The largest absolute Gasteiger partial charge is 0.394 e. The van der Waals surface area contributed by atoms with Crippen LogP contribution >= 0.6 is 27.5 Å². The van der Waals surface area contributed by atoms with Crippen LogP contribution in [-0.2, 0) is 25.7 Å². The molecule has 3 aliphatic heterocycles. The van der Waals surface area contributed by atoms with Crippen LogP contribution in [0.4, 0.5) is 5.69 Å². The second kappa shape index (κ2) is 13.8. The second-order valence-corrected chi connectivity index (χ2v) is 13.9. The third-order valence-electron chi connectivity index (χ3n) is 9.68. The molecule has 5 rings (SSSR count). The van der Waals surface area contributed by atoms with Crippen molar-refractivity contribution in [3.63, 3.8) is 0 Å². The number of benzene rings is 2. The normalized spacial score (nSPS) is 28.0. The number of hydrogen-bond acceptors (Lipinski definition) is 5. The second-order valence-electron chi connectivity index (χ2n) is 12.3. The monoisotopic (exact) mass is 697 g/mol. The Balaban J connectivity index is 1.61. The number of carbonyl (C=O) groups excluding carboxylic acids is 3. The minimum Gasteiger partial charge on any atom is -0.394 e. The predicted octanol–water partition coefficient (Wildman–Crippen LogP) is 5.23. The lowest BCUT2D eigenvalue weighted by atomic mass is 9.70. The third-order valence-corrected chi connectivity index (χ3v) is 10.8. The quantitative estimate of drug-likeness (QED) is 0.229. The van der Waals surface area contributed by atoms with Gasteiger partial charge in [0.2, 0.25) is 11.8 Å². The Hall–Kier alpha value is -2.98. The van der Waals surface area contributed by atoms with E-state index >= 15 is 0 Å². The van der Waals surface area contributed by atoms with Crippen molar-refractivity contribution < 1.29 is 24.2 Å². The van der Waals surface area contributed by atoms with Crippen LogP contribution in [0.15, 0.2) is 79.9 Å². The van der Waals surface area contributed by atoms with E-state index in [1.807, 2.05) is 44.2 Å². The van der Waals surface area contributed by atoms with Crippen molar-refractivity contribution in [2.45, 2.75) is 61.8 Å². The summed E-state index contributed by atoms with van der Waals surface area (Å²) in [6.45, 7) is 12.2. The maximum Gasteiger partial charge on any atom is 0.253 e.